The molecule has 0 spiro atoms. The number of benzene rings is 2. The summed E-state index contributed by atoms with van der Waals surface area (Å²) in [5.74, 6) is 0.507. The molecule has 1 fully saturated rings. The molecule has 28 heavy (non-hydrogen) atoms. The zero-order chi connectivity index (χ0) is 20.1. The van der Waals surface area contributed by atoms with Crippen LogP contribution in [0, 0.1) is 0 Å². The zero-order valence-corrected chi connectivity index (χ0v) is 16.7. The van der Waals surface area contributed by atoms with E-state index in [0.29, 0.717) is 30.2 Å². The number of rotatable bonds is 7. The molecule has 0 atom stereocenters. The normalized spacial score (nSPS) is 14.6. The van der Waals surface area contributed by atoms with Gasteiger partial charge in [0.25, 0.3) is 0 Å². The van der Waals surface area contributed by atoms with Gasteiger partial charge in [0.2, 0.25) is 10.0 Å². The number of para-hydroxylation sites is 1. The summed E-state index contributed by atoms with van der Waals surface area (Å²) < 4.78 is 42.4. The molecule has 0 N–H and O–H groups in total. The highest BCUT2D eigenvalue weighted by Crippen LogP contribution is 2.31. The summed E-state index contributed by atoms with van der Waals surface area (Å²) in [7, 11) is -0.453. The maximum Gasteiger partial charge on any atom is 0.338 e. The summed E-state index contributed by atoms with van der Waals surface area (Å²) in [5.41, 5.74) is 0.950. The maximum absolute atomic E-state index is 12.5. The van der Waals surface area contributed by atoms with Gasteiger partial charge in [0, 0.05) is 18.7 Å². The van der Waals surface area contributed by atoms with E-state index in [0.717, 1.165) is 12.8 Å². The van der Waals surface area contributed by atoms with E-state index >= 15 is 0 Å². The van der Waals surface area contributed by atoms with Gasteiger partial charge in [-0.05, 0) is 43.2 Å². The third-order valence-electron chi connectivity index (χ3n) is 4.64. The Morgan fingerprint density at radius 2 is 1.68 bits per heavy atom. The van der Waals surface area contributed by atoms with Gasteiger partial charge in [-0.15, -0.1) is 0 Å². The molecule has 0 radical (unpaired) electrons. The minimum Gasteiger partial charge on any atom is -0.493 e. The molecule has 1 aliphatic heterocycles. The quantitative estimate of drug-likeness (QED) is 0.659. The number of sulfonamides is 1. The van der Waals surface area contributed by atoms with Crippen molar-refractivity contribution in [1.82, 2.24) is 4.31 Å². The van der Waals surface area contributed by atoms with Crippen LogP contribution in [-0.4, -0.2) is 46.0 Å². The molecule has 2 aromatic rings. The van der Waals surface area contributed by atoms with E-state index in [1.54, 1.807) is 18.2 Å². The van der Waals surface area contributed by atoms with Gasteiger partial charge >= 0.3 is 5.97 Å². The second kappa shape index (κ2) is 8.62. The first-order chi connectivity index (χ1) is 13.5. The van der Waals surface area contributed by atoms with Gasteiger partial charge in [-0.25, -0.2) is 13.2 Å². The predicted octanol–water partition coefficient (Wildman–Crippen LogP) is 2.85. The van der Waals surface area contributed by atoms with Crippen LogP contribution in [0.1, 0.15) is 28.8 Å². The van der Waals surface area contributed by atoms with Crippen LogP contribution in [0.3, 0.4) is 0 Å². The smallest absolute Gasteiger partial charge is 0.338 e. The van der Waals surface area contributed by atoms with Crippen molar-refractivity contribution >= 4 is 16.0 Å². The van der Waals surface area contributed by atoms with Crippen molar-refractivity contribution in [1.29, 1.82) is 0 Å². The molecule has 3 rings (SSSR count). The van der Waals surface area contributed by atoms with Crippen LogP contribution in [0.15, 0.2) is 47.4 Å². The van der Waals surface area contributed by atoms with E-state index in [1.165, 1.54) is 42.8 Å². The number of ether oxygens (including phenoxy) is 3. The van der Waals surface area contributed by atoms with Gasteiger partial charge in [-0.2, -0.15) is 4.31 Å². The largest absolute Gasteiger partial charge is 0.493 e. The van der Waals surface area contributed by atoms with Crippen LogP contribution in [0.25, 0.3) is 0 Å². The average molecular weight is 405 g/mol. The van der Waals surface area contributed by atoms with Crippen LogP contribution >= 0.6 is 0 Å². The zero-order valence-electron chi connectivity index (χ0n) is 15.9. The third-order valence-corrected chi connectivity index (χ3v) is 6.55. The second-order valence-corrected chi connectivity index (χ2v) is 8.30. The van der Waals surface area contributed by atoms with Gasteiger partial charge in [0.1, 0.15) is 6.61 Å². The Labute approximate surface area is 164 Å². The van der Waals surface area contributed by atoms with E-state index in [1.807, 2.05) is 0 Å². The van der Waals surface area contributed by atoms with Crippen molar-refractivity contribution in [2.75, 3.05) is 27.3 Å². The number of hydrogen-bond acceptors (Lipinski definition) is 6. The molecule has 0 bridgehead atoms. The summed E-state index contributed by atoms with van der Waals surface area (Å²) in [5, 5.41) is 0. The van der Waals surface area contributed by atoms with Crippen LogP contribution < -0.4 is 9.47 Å². The van der Waals surface area contributed by atoms with Crippen LogP contribution in [0.5, 0.6) is 11.5 Å². The molecule has 150 valence electrons. The Morgan fingerprint density at radius 1 is 1.00 bits per heavy atom. The van der Waals surface area contributed by atoms with E-state index in [9.17, 15) is 13.2 Å². The molecule has 0 amide bonds. The van der Waals surface area contributed by atoms with Gasteiger partial charge in [0.05, 0.1) is 24.7 Å². The predicted molar refractivity (Wildman–Crippen MR) is 103 cm³/mol. The molecule has 0 saturated carbocycles. The Kier molecular flexibility index (Phi) is 6.21. The monoisotopic (exact) mass is 405 g/mol. The van der Waals surface area contributed by atoms with Crippen molar-refractivity contribution in [2.24, 2.45) is 0 Å². The van der Waals surface area contributed by atoms with Crippen molar-refractivity contribution in [3.63, 3.8) is 0 Å². The van der Waals surface area contributed by atoms with Gasteiger partial charge < -0.3 is 14.2 Å². The minimum absolute atomic E-state index is 0.00698. The second-order valence-electron chi connectivity index (χ2n) is 6.36. The van der Waals surface area contributed by atoms with Crippen LogP contribution in [0.2, 0.25) is 0 Å². The molecule has 0 aromatic heterocycles. The molecular weight excluding hydrogens is 382 g/mol. The Hall–Kier alpha value is -2.58. The number of carbonyl (C=O) groups is 1. The highest BCUT2D eigenvalue weighted by atomic mass is 32.2. The number of esters is 1. The van der Waals surface area contributed by atoms with Crippen molar-refractivity contribution in [2.45, 2.75) is 24.3 Å². The maximum atomic E-state index is 12.5. The Morgan fingerprint density at radius 3 is 2.29 bits per heavy atom. The SMILES string of the molecule is COc1cccc(COC(=O)c2ccc(S(=O)(=O)N3CCCC3)cc2)c1OC. The minimum atomic E-state index is -3.50. The number of carbonyl (C=O) groups excluding carboxylic acids is 1. The standard InChI is InChI=1S/C20H23NO6S/c1-25-18-7-5-6-16(19(18)26-2)14-27-20(22)15-8-10-17(11-9-15)28(23,24)21-12-3-4-13-21/h5-11H,3-4,12-14H2,1-2H3. The van der Waals surface area contributed by atoms with Crippen LogP contribution in [0.4, 0.5) is 0 Å². The van der Waals surface area contributed by atoms with Gasteiger partial charge in [-0.3, -0.25) is 0 Å². The number of methoxy groups -OCH3 is 2. The molecule has 1 heterocycles. The molecule has 8 heteroatoms. The van der Waals surface area contributed by atoms with Crippen molar-refractivity contribution in [3.05, 3.63) is 53.6 Å². The van der Waals surface area contributed by atoms with E-state index in [-0.39, 0.29) is 17.1 Å². The lowest BCUT2D eigenvalue weighted by molar-refractivity contribution is 0.0469. The topological polar surface area (TPSA) is 82.1 Å². The van der Waals surface area contributed by atoms with Crippen molar-refractivity contribution in [3.8, 4) is 11.5 Å². The molecule has 0 unspecified atom stereocenters. The molecule has 7 nitrogen and oxygen atoms in total. The fourth-order valence-electron chi connectivity index (χ4n) is 3.13. The fourth-order valence-corrected chi connectivity index (χ4v) is 4.65. The number of nitrogens with zero attached hydrogens (tertiary/aromatic N) is 1. The molecule has 2 aromatic carbocycles. The van der Waals surface area contributed by atoms with Crippen molar-refractivity contribution < 1.29 is 27.4 Å². The van der Waals surface area contributed by atoms with Crippen LogP contribution in [-0.2, 0) is 21.4 Å². The summed E-state index contributed by atoms with van der Waals surface area (Å²) in [4.78, 5) is 12.5. The lowest BCUT2D eigenvalue weighted by Gasteiger charge is -2.15. The Balaban J connectivity index is 1.69. The summed E-state index contributed by atoms with van der Waals surface area (Å²) in [6.07, 6.45) is 1.74. The Bertz CT molecular complexity index is 934. The fraction of sp³-hybridized carbons (Fsp3) is 0.350. The van der Waals surface area contributed by atoms with Gasteiger partial charge in [0.15, 0.2) is 11.5 Å². The summed E-state index contributed by atoms with van der Waals surface area (Å²) >= 11 is 0. The van der Waals surface area contributed by atoms with E-state index < -0.39 is 16.0 Å². The third kappa shape index (κ3) is 4.13. The summed E-state index contributed by atoms with van der Waals surface area (Å²) in [6, 6.07) is 11.1. The first kappa shape index (κ1) is 20.2. The average Bonchev–Trinajstić information content (AvgIpc) is 3.27. The lowest BCUT2D eigenvalue weighted by atomic mass is 10.2. The number of hydrogen-bond donors (Lipinski definition) is 0. The van der Waals surface area contributed by atoms with E-state index in [4.69, 9.17) is 14.2 Å². The van der Waals surface area contributed by atoms with Gasteiger partial charge in [-0.1, -0.05) is 12.1 Å². The highest BCUT2D eigenvalue weighted by molar-refractivity contribution is 7.89. The lowest BCUT2D eigenvalue weighted by Crippen LogP contribution is -2.27. The first-order valence-electron chi connectivity index (χ1n) is 8.94. The molecule has 0 aliphatic carbocycles. The highest BCUT2D eigenvalue weighted by Gasteiger charge is 2.27. The summed E-state index contributed by atoms with van der Waals surface area (Å²) in [6.45, 7) is 1.08. The molecule has 1 aliphatic rings. The molecular formula is C20H23NO6S. The first-order valence-corrected chi connectivity index (χ1v) is 10.4. The molecule has 1 saturated heterocycles. The van der Waals surface area contributed by atoms with E-state index in [2.05, 4.69) is 0 Å².